The van der Waals surface area contributed by atoms with Crippen LogP contribution in [0.5, 0.6) is 0 Å². The number of nitrogens with one attached hydrogen (secondary N) is 1. The standard InChI is InChI=1S/C20H15N3O4S/c1-13-9-11-15(12-10-13)22-19(25)16(18(24)21-20(22)28)7-4-6-14-5-2-3-8-17(14)23(26)27/h2-12H,1H3,(H,21,24,28). The molecule has 3 rings (SSSR count). The first-order valence-corrected chi connectivity index (χ1v) is 8.67. The lowest BCUT2D eigenvalue weighted by Gasteiger charge is -2.28. The number of nitro groups is 1. The van der Waals surface area contributed by atoms with E-state index in [9.17, 15) is 19.7 Å². The quantitative estimate of drug-likeness (QED) is 0.283. The molecule has 0 bridgehead atoms. The highest BCUT2D eigenvalue weighted by atomic mass is 32.1. The summed E-state index contributed by atoms with van der Waals surface area (Å²) in [5, 5.41) is 13.6. The Hall–Kier alpha value is -3.65. The van der Waals surface area contributed by atoms with Gasteiger partial charge in [-0.2, -0.15) is 0 Å². The Labute approximate surface area is 166 Å². The Bertz CT molecular complexity index is 1040. The van der Waals surface area contributed by atoms with E-state index < -0.39 is 16.7 Å². The Morgan fingerprint density at radius 3 is 2.46 bits per heavy atom. The first kappa shape index (κ1) is 19.1. The number of nitro benzene ring substituents is 1. The number of thiocarbonyl (C=S) groups is 1. The monoisotopic (exact) mass is 393 g/mol. The number of carbonyl (C=O) groups is 2. The summed E-state index contributed by atoms with van der Waals surface area (Å²) in [6.45, 7) is 1.92. The summed E-state index contributed by atoms with van der Waals surface area (Å²) < 4.78 is 0. The van der Waals surface area contributed by atoms with Crippen LogP contribution in [0.25, 0.3) is 6.08 Å². The van der Waals surface area contributed by atoms with Crippen molar-refractivity contribution in [2.45, 2.75) is 6.92 Å². The van der Waals surface area contributed by atoms with E-state index in [1.54, 1.807) is 30.3 Å². The minimum Gasteiger partial charge on any atom is -0.298 e. The summed E-state index contributed by atoms with van der Waals surface area (Å²) >= 11 is 5.14. The average molecular weight is 393 g/mol. The lowest BCUT2D eigenvalue weighted by Crippen LogP contribution is -2.54. The molecule has 140 valence electrons. The molecule has 0 atom stereocenters. The van der Waals surface area contributed by atoms with Crippen LogP contribution in [0.2, 0.25) is 0 Å². The first-order valence-electron chi connectivity index (χ1n) is 8.26. The summed E-state index contributed by atoms with van der Waals surface area (Å²) in [6.07, 6.45) is 4.21. The topological polar surface area (TPSA) is 92.6 Å². The number of anilines is 1. The number of benzene rings is 2. The second kappa shape index (κ2) is 7.93. The molecule has 7 nitrogen and oxygen atoms in total. The zero-order valence-electron chi connectivity index (χ0n) is 14.8. The van der Waals surface area contributed by atoms with Crippen molar-refractivity contribution in [3.8, 4) is 0 Å². The van der Waals surface area contributed by atoms with E-state index in [0.717, 1.165) is 5.56 Å². The number of allylic oxidation sites excluding steroid dienone is 2. The molecule has 0 spiro atoms. The number of hydrogen-bond acceptors (Lipinski definition) is 5. The number of aryl methyl sites for hydroxylation is 1. The van der Waals surface area contributed by atoms with Gasteiger partial charge in [-0.15, -0.1) is 0 Å². The minimum absolute atomic E-state index is 0.00122. The van der Waals surface area contributed by atoms with Gasteiger partial charge >= 0.3 is 0 Å². The van der Waals surface area contributed by atoms with Crippen LogP contribution < -0.4 is 10.2 Å². The van der Waals surface area contributed by atoms with Gasteiger partial charge in [0.15, 0.2) is 5.11 Å². The van der Waals surface area contributed by atoms with Crippen molar-refractivity contribution in [2.75, 3.05) is 4.90 Å². The van der Waals surface area contributed by atoms with Crippen LogP contribution >= 0.6 is 12.2 Å². The molecule has 1 fully saturated rings. The molecule has 2 aromatic carbocycles. The maximum atomic E-state index is 12.8. The molecule has 8 heteroatoms. The molecular weight excluding hydrogens is 378 g/mol. The van der Waals surface area contributed by atoms with E-state index in [0.29, 0.717) is 11.3 Å². The van der Waals surface area contributed by atoms with Crippen molar-refractivity contribution in [2.24, 2.45) is 0 Å². The summed E-state index contributed by atoms with van der Waals surface area (Å²) in [5.74, 6) is -1.18. The average Bonchev–Trinajstić information content (AvgIpc) is 2.66. The Morgan fingerprint density at radius 1 is 1.11 bits per heavy atom. The maximum absolute atomic E-state index is 12.8. The number of nitrogens with zero attached hydrogens (tertiary/aromatic N) is 2. The van der Waals surface area contributed by atoms with Gasteiger partial charge in [0, 0.05) is 6.07 Å². The number of amides is 2. The highest BCUT2D eigenvalue weighted by molar-refractivity contribution is 7.80. The largest absolute Gasteiger partial charge is 0.298 e. The first-order chi connectivity index (χ1) is 13.4. The van der Waals surface area contributed by atoms with Crippen molar-refractivity contribution in [1.82, 2.24) is 5.32 Å². The van der Waals surface area contributed by atoms with Gasteiger partial charge in [0.2, 0.25) is 0 Å². The van der Waals surface area contributed by atoms with Gasteiger partial charge in [0.1, 0.15) is 5.57 Å². The smallest absolute Gasteiger partial charge is 0.276 e. The van der Waals surface area contributed by atoms with Crippen LogP contribution in [0.4, 0.5) is 11.4 Å². The number of carbonyl (C=O) groups excluding carboxylic acids is 2. The van der Waals surface area contributed by atoms with E-state index in [2.05, 4.69) is 5.32 Å². The third-order valence-electron chi connectivity index (χ3n) is 4.07. The molecule has 1 heterocycles. The van der Waals surface area contributed by atoms with Crippen LogP contribution in [0.15, 0.2) is 66.3 Å². The van der Waals surface area contributed by atoms with Crippen LogP contribution in [0, 0.1) is 17.0 Å². The number of rotatable bonds is 4. The van der Waals surface area contributed by atoms with E-state index in [4.69, 9.17) is 12.2 Å². The molecule has 2 aromatic rings. The normalized spacial score (nSPS) is 16.0. The molecule has 2 amide bonds. The molecule has 0 unspecified atom stereocenters. The number of hydrogen-bond donors (Lipinski definition) is 1. The van der Waals surface area contributed by atoms with E-state index in [1.165, 1.54) is 29.2 Å². The number of para-hydroxylation sites is 1. The second-order valence-electron chi connectivity index (χ2n) is 5.99. The van der Waals surface area contributed by atoms with Gasteiger partial charge < -0.3 is 0 Å². The molecule has 1 N–H and O–H groups in total. The van der Waals surface area contributed by atoms with E-state index >= 15 is 0 Å². The highest BCUT2D eigenvalue weighted by Crippen LogP contribution is 2.22. The van der Waals surface area contributed by atoms with Crippen LogP contribution in [-0.2, 0) is 9.59 Å². The Kier molecular flexibility index (Phi) is 5.42. The fourth-order valence-electron chi connectivity index (χ4n) is 2.65. The third-order valence-corrected chi connectivity index (χ3v) is 4.35. The van der Waals surface area contributed by atoms with Crippen molar-refractivity contribution < 1.29 is 14.5 Å². The van der Waals surface area contributed by atoms with Gasteiger partial charge in [-0.3, -0.25) is 29.9 Å². The Balaban J connectivity index is 1.91. The van der Waals surface area contributed by atoms with Crippen molar-refractivity contribution in [1.29, 1.82) is 0 Å². The van der Waals surface area contributed by atoms with Gasteiger partial charge in [0.05, 0.1) is 16.2 Å². The van der Waals surface area contributed by atoms with E-state index in [-0.39, 0.29) is 16.4 Å². The maximum Gasteiger partial charge on any atom is 0.276 e. The fraction of sp³-hybridized carbons (Fsp3) is 0.0500. The van der Waals surface area contributed by atoms with Gasteiger partial charge in [0.25, 0.3) is 17.5 Å². The molecule has 0 radical (unpaired) electrons. The van der Waals surface area contributed by atoms with Crippen molar-refractivity contribution >= 4 is 46.6 Å². The molecule has 1 aliphatic heterocycles. The van der Waals surface area contributed by atoms with Gasteiger partial charge in [-0.05, 0) is 49.5 Å². The summed E-state index contributed by atoms with van der Waals surface area (Å²) in [4.78, 5) is 36.8. The minimum atomic E-state index is -0.620. The lowest BCUT2D eigenvalue weighted by atomic mass is 10.1. The molecule has 0 saturated carbocycles. The van der Waals surface area contributed by atoms with Crippen LogP contribution in [0.3, 0.4) is 0 Å². The molecule has 28 heavy (non-hydrogen) atoms. The third kappa shape index (κ3) is 3.86. The lowest BCUT2D eigenvalue weighted by molar-refractivity contribution is -0.385. The molecular formula is C20H15N3O4S. The molecule has 1 saturated heterocycles. The summed E-state index contributed by atoms with van der Waals surface area (Å²) in [7, 11) is 0. The molecule has 0 aliphatic carbocycles. The van der Waals surface area contributed by atoms with E-state index in [1.807, 2.05) is 19.1 Å². The predicted octanol–water partition coefficient (Wildman–Crippen LogP) is 3.29. The summed E-state index contributed by atoms with van der Waals surface area (Å²) in [6, 6.07) is 13.3. The zero-order chi connectivity index (χ0) is 20.3. The van der Waals surface area contributed by atoms with Gasteiger partial charge in [-0.25, -0.2) is 0 Å². The van der Waals surface area contributed by atoms with Crippen molar-refractivity contribution in [3.63, 3.8) is 0 Å². The van der Waals surface area contributed by atoms with Crippen molar-refractivity contribution in [3.05, 3.63) is 87.5 Å². The molecule has 0 aromatic heterocycles. The van der Waals surface area contributed by atoms with Crippen LogP contribution in [-0.4, -0.2) is 21.9 Å². The predicted molar refractivity (Wildman–Crippen MR) is 110 cm³/mol. The highest BCUT2D eigenvalue weighted by Gasteiger charge is 2.34. The Morgan fingerprint density at radius 2 is 1.79 bits per heavy atom. The van der Waals surface area contributed by atoms with Crippen LogP contribution in [0.1, 0.15) is 11.1 Å². The zero-order valence-corrected chi connectivity index (χ0v) is 15.6. The SMILES string of the molecule is Cc1ccc(N2C(=O)C(=CC=Cc3ccccc3[N+](=O)[O-])C(=O)NC2=S)cc1. The summed E-state index contributed by atoms with van der Waals surface area (Å²) in [5.41, 5.74) is 1.72. The second-order valence-corrected chi connectivity index (χ2v) is 6.38. The fourth-order valence-corrected chi connectivity index (χ4v) is 2.93. The molecule has 1 aliphatic rings. The van der Waals surface area contributed by atoms with Gasteiger partial charge in [-0.1, -0.05) is 35.9 Å².